The molecule has 5 heteroatoms. The van der Waals surface area contributed by atoms with Gasteiger partial charge in [0.1, 0.15) is 5.82 Å². The van der Waals surface area contributed by atoms with E-state index in [4.69, 9.17) is 0 Å². The zero-order valence-electron chi connectivity index (χ0n) is 11.5. The summed E-state index contributed by atoms with van der Waals surface area (Å²) in [6.07, 6.45) is 0.370. The molecule has 21 heavy (non-hydrogen) atoms. The lowest BCUT2D eigenvalue weighted by Gasteiger charge is -2.06. The Bertz CT molecular complexity index is 749. The van der Waals surface area contributed by atoms with Crippen LogP contribution in [0.5, 0.6) is 0 Å². The van der Waals surface area contributed by atoms with Gasteiger partial charge in [-0.15, -0.1) is 0 Å². The van der Waals surface area contributed by atoms with Gasteiger partial charge in [-0.25, -0.2) is 12.8 Å². The lowest BCUT2D eigenvalue weighted by atomic mass is 10.1. The number of carbonyl (C=O) groups is 1. The second-order valence-corrected chi connectivity index (χ2v) is 6.68. The van der Waals surface area contributed by atoms with Gasteiger partial charge in [-0.05, 0) is 29.8 Å². The maximum Gasteiger partial charge on any atom is 0.182 e. The van der Waals surface area contributed by atoms with E-state index in [2.05, 4.69) is 0 Å². The van der Waals surface area contributed by atoms with E-state index in [0.717, 1.165) is 0 Å². The molecule has 2 aromatic carbocycles. The maximum absolute atomic E-state index is 13.1. The highest BCUT2D eigenvalue weighted by molar-refractivity contribution is 7.90. The summed E-state index contributed by atoms with van der Waals surface area (Å²) in [4.78, 5) is 11.6. The predicted octanol–water partition coefficient (Wildman–Crippen LogP) is 3.39. The van der Waals surface area contributed by atoms with E-state index < -0.39 is 15.7 Å². The Morgan fingerprint density at radius 2 is 1.76 bits per heavy atom. The van der Waals surface area contributed by atoms with Crippen molar-refractivity contribution >= 4 is 15.6 Å². The fraction of sp³-hybridized carbons (Fsp3) is 0.188. The number of sulfone groups is 1. The summed E-state index contributed by atoms with van der Waals surface area (Å²) in [7, 11) is -3.56. The molecule has 0 spiro atoms. The summed E-state index contributed by atoms with van der Waals surface area (Å²) in [5.41, 5.74) is 0.880. The molecule has 0 amide bonds. The van der Waals surface area contributed by atoms with Crippen molar-refractivity contribution in [3.8, 4) is 0 Å². The average Bonchev–Trinajstić information content (AvgIpc) is 2.46. The van der Waals surface area contributed by atoms with Crippen molar-refractivity contribution in [1.29, 1.82) is 0 Å². The molecule has 0 aromatic heterocycles. The summed E-state index contributed by atoms with van der Waals surface area (Å²) in [5, 5.41) is 0. The third-order valence-electron chi connectivity index (χ3n) is 3.10. The number of benzene rings is 2. The van der Waals surface area contributed by atoms with Crippen molar-refractivity contribution in [2.24, 2.45) is 0 Å². The number of hydrogen-bond acceptors (Lipinski definition) is 3. The van der Waals surface area contributed by atoms with Gasteiger partial charge in [0.2, 0.25) is 0 Å². The van der Waals surface area contributed by atoms with E-state index >= 15 is 0 Å². The lowest BCUT2D eigenvalue weighted by Crippen LogP contribution is -2.06. The number of ketones is 1. The first kappa shape index (κ1) is 15.4. The van der Waals surface area contributed by atoms with Gasteiger partial charge >= 0.3 is 0 Å². The molecule has 0 fully saturated rings. The van der Waals surface area contributed by atoms with Crippen LogP contribution in [0.1, 0.15) is 29.3 Å². The zero-order valence-corrected chi connectivity index (χ0v) is 12.4. The van der Waals surface area contributed by atoms with Gasteiger partial charge in [-0.2, -0.15) is 0 Å². The number of halogens is 1. The molecule has 0 radical (unpaired) electrons. The molecule has 0 bridgehead atoms. The minimum absolute atomic E-state index is 0.0379. The Kier molecular flexibility index (Phi) is 4.53. The minimum Gasteiger partial charge on any atom is -0.294 e. The van der Waals surface area contributed by atoms with Crippen LogP contribution in [0.4, 0.5) is 4.39 Å². The van der Waals surface area contributed by atoms with Crippen molar-refractivity contribution in [2.45, 2.75) is 24.0 Å². The van der Waals surface area contributed by atoms with Crippen LogP contribution in [0.3, 0.4) is 0 Å². The second kappa shape index (κ2) is 6.18. The van der Waals surface area contributed by atoms with Gasteiger partial charge in [-0.1, -0.05) is 31.2 Å². The van der Waals surface area contributed by atoms with Gasteiger partial charge in [0.05, 0.1) is 10.6 Å². The maximum atomic E-state index is 13.1. The van der Waals surface area contributed by atoms with Crippen LogP contribution in [-0.2, 0) is 15.6 Å². The SMILES string of the molecule is CCC(=O)c1ccc(S(=O)(=O)Cc2cccc(F)c2)cc1. The first-order chi connectivity index (χ1) is 9.92. The monoisotopic (exact) mass is 306 g/mol. The molecule has 2 aromatic rings. The summed E-state index contributed by atoms with van der Waals surface area (Å²) in [6.45, 7) is 1.75. The van der Waals surface area contributed by atoms with Gasteiger partial charge in [-0.3, -0.25) is 4.79 Å². The van der Waals surface area contributed by atoms with Crippen molar-refractivity contribution in [1.82, 2.24) is 0 Å². The van der Waals surface area contributed by atoms with Crippen LogP contribution in [0.2, 0.25) is 0 Å². The van der Waals surface area contributed by atoms with E-state index in [0.29, 0.717) is 17.5 Å². The Labute approximate surface area is 123 Å². The van der Waals surface area contributed by atoms with Crippen LogP contribution in [-0.4, -0.2) is 14.2 Å². The smallest absolute Gasteiger partial charge is 0.182 e. The highest BCUT2D eigenvalue weighted by Gasteiger charge is 2.16. The Morgan fingerprint density at radius 1 is 1.10 bits per heavy atom. The first-order valence-corrected chi connectivity index (χ1v) is 8.18. The van der Waals surface area contributed by atoms with Crippen LogP contribution in [0.15, 0.2) is 53.4 Å². The van der Waals surface area contributed by atoms with E-state index in [1.165, 1.54) is 42.5 Å². The molecule has 0 aliphatic heterocycles. The summed E-state index contributed by atoms with van der Waals surface area (Å²) in [6, 6.07) is 11.3. The molecule has 0 saturated heterocycles. The fourth-order valence-corrected chi connectivity index (χ4v) is 3.32. The largest absolute Gasteiger partial charge is 0.294 e. The van der Waals surface area contributed by atoms with Crippen molar-refractivity contribution in [3.63, 3.8) is 0 Å². The van der Waals surface area contributed by atoms with Crippen LogP contribution in [0, 0.1) is 5.82 Å². The Morgan fingerprint density at radius 3 is 2.33 bits per heavy atom. The van der Waals surface area contributed by atoms with E-state index in [1.54, 1.807) is 13.0 Å². The van der Waals surface area contributed by atoms with Crippen molar-refractivity contribution < 1.29 is 17.6 Å². The molecule has 0 aliphatic carbocycles. The summed E-state index contributed by atoms with van der Waals surface area (Å²) >= 11 is 0. The molecule has 0 N–H and O–H groups in total. The number of hydrogen-bond donors (Lipinski definition) is 0. The highest BCUT2D eigenvalue weighted by atomic mass is 32.2. The van der Waals surface area contributed by atoms with Crippen LogP contribution < -0.4 is 0 Å². The molecule has 0 unspecified atom stereocenters. The lowest BCUT2D eigenvalue weighted by molar-refractivity contribution is 0.0988. The van der Waals surface area contributed by atoms with Gasteiger partial charge in [0, 0.05) is 12.0 Å². The highest BCUT2D eigenvalue weighted by Crippen LogP contribution is 2.18. The van der Waals surface area contributed by atoms with Crippen molar-refractivity contribution in [2.75, 3.05) is 0 Å². The summed E-state index contributed by atoms with van der Waals surface area (Å²) < 4.78 is 37.6. The standard InChI is InChI=1S/C16H15FO3S/c1-2-16(18)13-6-8-15(9-7-13)21(19,20)11-12-4-3-5-14(17)10-12/h3-10H,2,11H2,1H3. The fourth-order valence-electron chi connectivity index (χ4n) is 1.98. The molecule has 2 rings (SSSR count). The van der Waals surface area contributed by atoms with Crippen LogP contribution >= 0.6 is 0 Å². The quantitative estimate of drug-likeness (QED) is 0.796. The Balaban J connectivity index is 2.25. The molecule has 0 aliphatic rings. The average molecular weight is 306 g/mol. The van der Waals surface area contributed by atoms with E-state index in [9.17, 15) is 17.6 Å². The third-order valence-corrected chi connectivity index (χ3v) is 4.81. The third kappa shape index (κ3) is 3.76. The number of Topliss-reactive ketones (excluding diaryl/α,β-unsaturated/α-hetero) is 1. The van der Waals surface area contributed by atoms with Crippen LogP contribution in [0.25, 0.3) is 0 Å². The molecule has 0 atom stereocenters. The molecule has 0 saturated carbocycles. The molecule has 0 heterocycles. The first-order valence-electron chi connectivity index (χ1n) is 6.53. The van der Waals surface area contributed by atoms with Gasteiger partial charge in [0.15, 0.2) is 15.6 Å². The van der Waals surface area contributed by atoms with Crippen molar-refractivity contribution in [3.05, 3.63) is 65.5 Å². The molecule has 3 nitrogen and oxygen atoms in total. The van der Waals surface area contributed by atoms with E-state index in [1.807, 2.05) is 0 Å². The zero-order chi connectivity index (χ0) is 15.5. The predicted molar refractivity (Wildman–Crippen MR) is 78.4 cm³/mol. The van der Waals surface area contributed by atoms with Gasteiger partial charge in [0.25, 0.3) is 0 Å². The summed E-state index contributed by atoms with van der Waals surface area (Å²) in [5.74, 6) is -0.776. The molecular formula is C16H15FO3S. The minimum atomic E-state index is -3.56. The number of carbonyl (C=O) groups excluding carboxylic acids is 1. The van der Waals surface area contributed by atoms with Gasteiger partial charge < -0.3 is 0 Å². The topological polar surface area (TPSA) is 51.2 Å². The Hall–Kier alpha value is -2.01. The second-order valence-electron chi connectivity index (χ2n) is 4.69. The van der Waals surface area contributed by atoms with E-state index in [-0.39, 0.29) is 16.4 Å². The normalized spacial score (nSPS) is 11.3. The number of rotatable bonds is 5. The molecular weight excluding hydrogens is 291 g/mol. The molecule has 110 valence electrons.